The maximum atomic E-state index is 12.2. The van der Waals surface area contributed by atoms with Crippen molar-refractivity contribution in [1.29, 1.82) is 0 Å². The fourth-order valence-corrected chi connectivity index (χ4v) is 0.792. The molecule has 0 saturated heterocycles. The van der Waals surface area contributed by atoms with Gasteiger partial charge in [0.1, 0.15) is 0 Å². The van der Waals surface area contributed by atoms with Gasteiger partial charge in [0.05, 0.1) is 5.70 Å². The zero-order valence-electron chi connectivity index (χ0n) is 6.02. The third kappa shape index (κ3) is 1.14. The number of hydrogen-bond acceptors (Lipinski definition) is 3. The second-order valence-electron chi connectivity index (χ2n) is 2.43. The molecule has 1 aliphatic heterocycles. The number of allylic oxidation sites excluding steroid dienone is 2. The molecule has 3 nitrogen and oxygen atoms in total. The van der Waals surface area contributed by atoms with Crippen LogP contribution >= 0.6 is 0 Å². The van der Waals surface area contributed by atoms with Crippen LogP contribution in [-0.4, -0.2) is 11.8 Å². The fourth-order valence-electron chi connectivity index (χ4n) is 0.792. The number of dihydropyridines is 1. The highest BCUT2D eigenvalue weighted by Gasteiger charge is 2.54. The van der Waals surface area contributed by atoms with Gasteiger partial charge in [0.25, 0.3) is 0 Å². The Labute approximate surface area is 66.9 Å². The van der Waals surface area contributed by atoms with Gasteiger partial charge in [-0.25, -0.2) is 0 Å². The van der Waals surface area contributed by atoms with Gasteiger partial charge >= 0.3 is 6.18 Å². The minimum absolute atomic E-state index is 0.447. The molecule has 1 rings (SSSR count). The first-order chi connectivity index (χ1) is 5.38. The van der Waals surface area contributed by atoms with Gasteiger partial charge in [-0.1, -0.05) is 0 Å². The van der Waals surface area contributed by atoms with Gasteiger partial charge in [0, 0.05) is 0 Å². The average molecular weight is 179 g/mol. The second-order valence-corrected chi connectivity index (χ2v) is 2.43. The van der Waals surface area contributed by atoms with E-state index in [-0.39, 0.29) is 0 Å². The van der Waals surface area contributed by atoms with E-state index >= 15 is 0 Å². The third-order valence-electron chi connectivity index (χ3n) is 1.59. The molecule has 6 heteroatoms. The highest BCUT2D eigenvalue weighted by molar-refractivity contribution is 5.27. The molecule has 68 valence electrons. The second kappa shape index (κ2) is 2.41. The molecule has 0 aromatic carbocycles. The van der Waals surface area contributed by atoms with Crippen LogP contribution in [-0.2, 0) is 0 Å². The van der Waals surface area contributed by atoms with Crippen molar-refractivity contribution in [2.45, 2.75) is 11.8 Å². The molecule has 1 atom stereocenters. The summed E-state index contributed by atoms with van der Waals surface area (Å²) in [6.45, 7) is 0. The van der Waals surface area contributed by atoms with E-state index in [1.807, 2.05) is 5.32 Å². The van der Waals surface area contributed by atoms with E-state index in [9.17, 15) is 13.2 Å². The minimum atomic E-state index is -4.60. The molecule has 0 amide bonds. The van der Waals surface area contributed by atoms with Crippen LogP contribution in [0.25, 0.3) is 0 Å². The van der Waals surface area contributed by atoms with Crippen LogP contribution in [0.5, 0.6) is 0 Å². The molecule has 0 fully saturated rings. The molecule has 0 aliphatic carbocycles. The molecule has 5 N–H and O–H groups in total. The molecule has 0 spiro atoms. The lowest BCUT2D eigenvalue weighted by molar-refractivity contribution is -0.181. The lowest BCUT2D eigenvalue weighted by atomic mass is 10.1. The first-order valence-corrected chi connectivity index (χ1v) is 3.14. The van der Waals surface area contributed by atoms with Crippen molar-refractivity contribution in [3.63, 3.8) is 0 Å². The quantitative estimate of drug-likeness (QED) is 0.496. The van der Waals surface area contributed by atoms with E-state index in [4.69, 9.17) is 11.5 Å². The maximum absolute atomic E-state index is 12.2. The van der Waals surface area contributed by atoms with Crippen molar-refractivity contribution in [1.82, 2.24) is 5.32 Å². The van der Waals surface area contributed by atoms with E-state index in [0.29, 0.717) is 0 Å². The Bertz CT molecular complexity index is 243. The number of alkyl halides is 3. The van der Waals surface area contributed by atoms with E-state index in [1.165, 1.54) is 6.08 Å². The van der Waals surface area contributed by atoms with Crippen molar-refractivity contribution < 1.29 is 13.2 Å². The number of nitrogens with one attached hydrogen (secondary N) is 1. The van der Waals surface area contributed by atoms with Gasteiger partial charge in [0.15, 0.2) is 0 Å². The van der Waals surface area contributed by atoms with Crippen LogP contribution in [0.1, 0.15) is 0 Å². The first kappa shape index (κ1) is 8.92. The molecular weight excluding hydrogens is 171 g/mol. The lowest BCUT2D eigenvalue weighted by Crippen LogP contribution is -2.65. The maximum Gasteiger partial charge on any atom is 0.430 e. The SMILES string of the molecule is NC1=CC=CNC1(N)C(F)(F)F. The van der Waals surface area contributed by atoms with Crippen molar-refractivity contribution in [3.05, 3.63) is 24.0 Å². The molecule has 12 heavy (non-hydrogen) atoms. The average Bonchev–Trinajstić information content (AvgIpc) is 1.93. The molecule has 1 unspecified atom stereocenters. The molecule has 0 radical (unpaired) electrons. The summed E-state index contributed by atoms with van der Waals surface area (Å²) in [6.07, 6.45) is -1.03. The van der Waals surface area contributed by atoms with E-state index in [1.54, 1.807) is 0 Å². The molecule has 1 heterocycles. The standard InChI is InChI=1S/C6H8F3N3/c7-6(8,9)5(11)4(10)2-1-3-12-5/h1-3,12H,10-11H2. The van der Waals surface area contributed by atoms with Crippen LogP contribution in [0, 0.1) is 0 Å². The Morgan fingerprint density at radius 1 is 1.42 bits per heavy atom. The fraction of sp³-hybridized carbons (Fsp3) is 0.333. The van der Waals surface area contributed by atoms with E-state index < -0.39 is 17.5 Å². The molecular formula is C6H8F3N3. The van der Waals surface area contributed by atoms with Gasteiger partial charge in [-0.15, -0.1) is 0 Å². The van der Waals surface area contributed by atoms with Crippen LogP contribution < -0.4 is 16.8 Å². The minimum Gasteiger partial charge on any atom is -0.399 e. The summed E-state index contributed by atoms with van der Waals surface area (Å²) in [5, 5.41) is 1.96. The summed E-state index contributed by atoms with van der Waals surface area (Å²) in [5.74, 6) is 0. The summed E-state index contributed by atoms with van der Waals surface area (Å²) in [6, 6.07) is 0. The number of halogens is 3. The van der Waals surface area contributed by atoms with Crippen molar-refractivity contribution in [3.8, 4) is 0 Å². The number of rotatable bonds is 0. The van der Waals surface area contributed by atoms with E-state index in [0.717, 1.165) is 12.3 Å². The summed E-state index contributed by atoms with van der Waals surface area (Å²) in [5.41, 5.74) is 7.03. The van der Waals surface area contributed by atoms with Gasteiger partial charge < -0.3 is 11.1 Å². The molecule has 0 aromatic heterocycles. The summed E-state index contributed by atoms with van der Waals surface area (Å²) < 4.78 is 36.7. The van der Waals surface area contributed by atoms with Gasteiger partial charge in [-0.2, -0.15) is 13.2 Å². The molecule has 0 aromatic rings. The Hall–Kier alpha value is -1.17. The van der Waals surface area contributed by atoms with Crippen LogP contribution in [0.3, 0.4) is 0 Å². The number of hydrogen-bond donors (Lipinski definition) is 3. The zero-order valence-corrected chi connectivity index (χ0v) is 6.02. The van der Waals surface area contributed by atoms with Gasteiger partial charge in [-0.3, -0.25) is 5.73 Å². The lowest BCUT2D eigenvalue weighted by Gasteiger charge is -2.33. The Morgan fingerprint density at radius 3 is 2.33 bits per heavy atom. The monoisotopic (exact) mass is 179 g/mol. The Morgan fingerprint density at radius 2 is 2.00 bits per heavy atom. The first-order valence-electron chi connectivity index (χ1n) is 3.14. The highest BCUT2D eigenvalue weighted by Crippen LogP contribution is 2.30. The topological polar surface area (TPSA) is 64.1 Å². The van der Waals surface area contributed by atoms with Crippen LogP contribution in [0.4, 0.5) is 13.2 Å². The highest BCUT2D eigenvalue weighted by atomic mass is 19.4. The number of nitrogens with two attached hydrogens (primary N) is 2. The Kier molecular flexibility index (Phi) is 1.79. The largest absolute Gasteiger partial charge is 0.430 e. The van der Waals surface area contributed by atoms with Crippen LogP contribution in [0.15, 0.2) is 24.0 Å². The summed E-state index contributed by atoms with van der Waals surface area (Å²) in [7, 11) is 0. The molecule has 0 saturated carbocycles. The smallest absolute Gasteiger partial charge is 0.399 e. The summed E-state index contributed by atoms with van der Waals surface area (Å²) in [4.78, 5) is 0. The van der Waals surface area contributed by atoms with Crippen LogP contribution in [0.2, 0.25) is 0 Å². The molecule has 1 aliphatic rings. The van der Waals surface area contributed by atoms with Gasteiger partial charge in [-0.05, 0) is 18.4 Å². The predicted molar refractivity (Wildman–Crippen MR) is 37.5 cm³/mol. The van der Waals surface area contributed by atoms with Crippen molar-refractivity contribution in [2.75, 3.05) is 0 Å². The normalized spacial score (nSPS) is 29.5. The predicted octanol–water partition coefficient (Wildman–Crippen LogP) is 0.163. The van der Waals surface area contributed by atoms with Crippen molar-refractivity contribution >= 4 is 0 Å². The zero-order chi connectivity index (χ0) is 9.41. The summed E-state index contributed by atoms with van der Waals surface area (Å²) >= 11 is 0. The van der Waals surface area contributed by atoms with E-state index in [2.05, 4.69) is 0 Å². The molecule has 0 bridgehead atoms. The Balaban J connectivity index is 3.01. The van der Waals surface area contributed by atoms with Gasteiger partial charge in [0.2, 0.25) is 5.66 Å². The van der Waals surface area contributed by atoms with Crippen molar-refractivity contribution in [2.24, 2.45) is 11.5 Å². The third-order valence-corrected chi connectivity index (χ3v) is 1.59.